The van der Waals surface area contributed by atoms with E-state index in [0.29, 0.717) is 18.4 Å². The molecule has 1 aromatic rings. The van der Waals surface area contributed by atoms with Gasteiger partial charge in [0.1, 0.15) is 54.1 Å². The van der Waals surface area contributed by atoms with Crippen molar-refractivity contribution in [1.29, 1.82) is 0 Å². The van der Waals surface area contributed by atoms with Crippen LogP contribution in [0.15, 0.2) is 29.3 Å². The normalized spacial score (nSPS) is 15.6. The van der Waals surface area contributed by atoms with Crippen molar-refractivity contribution in [2.45, 2.75) is 175 Å². The minimum atomic E-state index is -1.66. The van der Waals surface area contributed by atoms with Gasteiger partial charge in [0, 0.05) is 19.4 Å². The molecule has 0 spiro atoms. The number of amides is 8. The number of hydrogen-bond acceptors (Lipinski definition) is 14. The number of phenolic OH excluding ortho intramolecular Hbond substituents is 1. The van der Waals surface area contributed by atoms with Gasteiger partial charge in [0.2, 0.25) is 47.3 Å². The number of hydrogen-bond donors (Lipinski definition) is 15. The first-order chi connectivity index (χ1) is 36.0. The minimum absolute atomic E-state index is 0.0161. The average Bonchev–Trinajstić information content (AvgIpc) is 3.35. The fourth-order valence-electron chi connectivity index (χ4n) is 7.65. The first-order valence-electron chi connectivity index (χ1n) is 26.0. The van der Waals surface area contributed by atoms with Crippen molar-refractivity contribution in [3.63, 3.8) is 0 Å². The Morgan fingerprint density at radius 3 is 1.44 bits per heavy atom. The number of aliphatic hydroxyl groups is 1. The summed E-state index contributed by atoms with van der Waals surface area (Å²) >= 11 is 0. The number of carbonyl (C=O) groups excluding carboxylic acids is 8. The predicted molar refractivity (Wildman–Crippen MR) is 285 cm³/mol. The zero-order valence-electron chi connectivity index (χ0n) is 46.0. The van der Waals surface area contributed by atoms with Crippen molar-refractivity contribution >= 4 is 65.2 Å². The molecule has 18 N–H and O–H groups in total. The first kappa shape index (κ1) is 67.9. The van der Waals surface area contributed by atoms with Crippen molar-refractivity contribution in [3.05, 3.63) is 29.8 Å². The lowest BCUT2D eigenvalue weighted by molar-refractivity contribution is -0.144. The molecule has 77 heavy (non-hydrogen) atoms. The highest BCUT2D eigenvalue weighted by Gasteiger charge is 2.37. The number of aliphatic carboxylic acids is 2. The predicted octanol–water partition coefficient (Wildman–Crippen LogP) is -1.41. The second-order valence-corrected chi connectivity index (χ2v) is 20.5. The molecule has 0 aliphatic carbocycles. The molecule has 0 saturated carbocycles. The van der Waals surface area contributed by atoms with Gasteiger partial charge in [-0.3, -0.25) is 48.1 Å². The van der Waals surface area contributed by atoms with Crippen LogP contribution < -0.4 is 59.7 Å². The summed E-state index contributed by atoms with van der Waals surface area (Å²) in [6.45, 7) is 16.1. The van der Waals surface area contributed by atoms with Gasteiger partial charge in [-0.25, -0.2) is 4.79 Å². The molecule has 0 saturated heterocycles. The third-order valence-electron chi connectivity index (χ3n) is 12.9. The van der Waals surface area contributed by atoms with Crippen molar-refractivity contribution in [3.8, 4) is 5.75 Å². The number of carboxylic acid groups (broad SMARTS) is 2. The average molecular weight is 1090 g/mol. The van der Waals surface area contributed by atoms with Gasteiger partial charge >= 0.3 is 11.9 Å². The molecule has 0 unspecified atom stereocenters. The molecule has 0 aliphatic rings. The second kappa shape index (κ2) is 33.8. The maximum Gasteiger partial charge on any atom is 0.326 e. The van der Waals surface area contributed by atoms with E-state index < -0.39 is 151 Å². The molecule has 26 nitrogen and oxygen atoms in total. The summed E-state index contributed by atoms with van der Waals surface area (Å²) in [6, 6.07) is -6.86. The van der Waals surface area contributed by atoms with Gasteiger partial charge in [-0.15, -0.1) is 0 Å². The molecule has 434 valence electrons. The topological polar surface area (TPSA) is 438 Å². The molecule has 11 atom stereocenters. The minimum Gasteiger partial charge on any atom is -0.508 e. The van der Waals surface area contributed by atoms with Gasteiger partial charge < -0.3 is 80.2 Å². The molecule has 0 bridgehead atoms. The number of nitrogens with one attached hydrogen (secondary N) is 8. The number of aliphatic imine (C=N–C) groups is 1. The summed E-state index contributed by atoms with van der Waals surface area (Å²) in [5.41, 5.74) is 17.5. The third-order valence-corrected chi connectivity index (χ3v) is 12.9. The van der Waals surface area contributed by atoms with E-state index in [1.807, 2.05) is 6.92 Å². The van der Waals surface area contributed by atoms with Crippen LogP contribution >= 0.6 is 0 Å². The second-order valence-electron chi connectivity index (χ2n) is 20.5. The summed E-state index contributed by atoms with van der Waals surface area (Å²) in [5.74, 6) is -12.2. The van der Waals surface area contributed by atoms with Crippen LogP contribution in [0.5, 0.6) is 5.75 Å². The Kier molecular flexibility index (Phi) is 29.9. The van der Waals surface area contributed by atoms with E-state index in [0.717, 1.165) is 0 Å². The standard InChI is InChI=1S/C51H86N12O14/c1-11-28(9)38(52)47(73)60-36(24-64)46(72)59-35(23-30-15-17-31(65)18-16-30)45(71)57-33(19-20-37(66)67)42(68)58-34(22-25(3)4)44(70)56-32(14-13-21-55-51(53)54)43(69)61-39(26(5)6)48(74)62-40(27(7)8)49(75)63-41(50(76)77)29(10)12-2/h15-18,25-29,32-36,38-41,64-65H,11-14,19-24,52H2,1-10H3,(H,56,70)(H,57,71)(H,58,68)(H,59,72)(H,60,73)(H,61,69)(H,62,74)(H,63,75)(H,66,67)(H,76,77)(H4,53,54,55)/t28-,29-,32-,33-,34-,35-,36-,38-,39-,40-,41-/m0/s1. The quantitative estimate of drug-likeness (QED) is 0.0211. The first-order valence-corrected chi connectivity index (χ1v) is 26.0. The number of phenols is 1. The maximum atomic E-state index is 14.3. The number of nitrogens with two attached hydrogens (primary N) is 3. The Bertz CT molecular complexity index is 2170. The van der Waals surface area contributed by atoms with Crippen molar-refractivity contribution < 1.29 is 68.4 Å². The Morgan fingerprint density at radius 1 is 0.545 bits per heavy atom. The van der Waals surface area contributed by atoms with Crippen LogP contribution in [0.4, 0.5) is 0 Å². The maximum absolute atomic E-state index is 14.3. The molecule has 8 amide bonds. The SMILES string of the molecule is CC[C@H](C)[C@H](N)C(=O)N[C@@H](CO)C(=O)N[C@@H](Cc1ccc(O)cc1)C(=O)N[C@@H](CCC(=O)O)C(=O)N[C@@H](CC(C)C)C(=O)N[C@@H](CCCN=C(N)N)C(=O)N[C@H](C(=O)N[C@H](C(=O)N[C@H](C(=O)O)[C@@H](C)CC)C(C)C)C(C)C. The molecule has 1 rings (SSSR count). The highest BCUT2D eigenvalue weighted by Crippen LogP contribution is 2.16. The summed E-state index contributed by atoms with van der Waals surface area (Å²) in [5, 5.41) is 59.8. The number of aliphatic hydroxyl groups excluding tert-OH is 1. The highest BCUT2D eigenvalue weighted by molar-refractivity contribution is 5.98. The van der Waals surface area contributed by atoms with E-state index in [-0.39, 0.29) is 55.8 Å². The smallest absolute Gasteiger partial charge is 0.326 e. The van der Waals surface area contributed by atoms with E-state index in [1.165, 1.54) is 24.3 Å². The highest BCUT2D eigenvalue weighted by atomic mass is 16.4. The molecule has 0 fully saturated rings. The molecular weight excluding hydrogens is 1000 g/mol. The van der Waals surface area contributed by atoms with Crippen LogP contribution in [-0.2, 0) is 54.4 Å². The lowest BCUT2D eigenvalue weighted by atomic mass is 9.96. The van der Waals surface area contributed by atoms with E-state index in [9.17, 15) is 68.4 Å². The molecular formula is C51H86N12O14. The number of guanidine groups is 1. The number of benzene rings is 1. The van der Waals surface area contributed by atoms with E-state index >= 15 is 0 Å². The lowest BCUT2D eigenvalue weighted by Gasteiger charge is -2.30. The van der Waals surface area contributed by atoms with Gasteiger partial charge in [0.05, 0.1) is 12.6 Å². The van der Waals surface area contributed by atoms with E-state index in [2.05, 4.69) is 47.5 Å². The number of rotatable bonds is 35. The van der Waals surface area contributed by atoms with Crippen LogP contribution in [0.2, 0.25) is 0 Å². The molecule has 0 heterocycles. The molecule has 1 aromatic carbocycles. The summed E-state index contributed by atoms with van der Waals surface area (Å²) in [6.07, 6.45) is -0.512. The Hall–Kier alpha value is -7.09. The molecule has 26 heteroatoms. The van der Waals surface area contributed by atoms with Crippen LogP contribution in [0.25, 0.3) is 0 Å². The summed E-state index contributed by atoms with van der Waals surface area (Å²) in [7, 11) is 0. The molecule has 0 aromatic heterocycles. The number of carboxylic acids is 2. The Morgan fingerprint density at radius 2 is 0.974 bits per heavy atom. The Labute approximate surface area is 450 Å². The summed E-state index contributed by atoms with van der Waals surface area (Å²) < 4.78 is 0. The zero-order valence-corrected chi connectivity index (χ0v) is 46.0. The lowest BCUT2D eigenvalue weighted by Crippen LogP contribution is -2.61. The van der Waals surface area contributed by atoms with Gasteiger partial charge in [0.25, 0.3) is 0 Å². The molecule has 0 aliphatic heterocycles. The van der Waals surface area contributed by atoms with Crippen LogP contribution in [-0.4, -0.2) is 153 Å². The van der Waals surface area contributed by atoms with Crippen LogP contribution in [0, 0.1) is 29.6 Å². The third kappa shape index (κ3) is 24.2. The van der Waals surface area contributed by atoms with Gasteiger partial charge in [0.15, 0.2) is 5.96 Å². The van der Waals surface area contributed by atoms with Gasteiger partial charge in [-0.2, -0.15) is 0 Å². The van der Waals surface area contributed by atoms with Crippen LogP contribution in [0.1, 0.15) is 120 Å². The van der Waals surface area contributed by atoms with Crippen LogP contribution in [0.3, 0.4) is 0 Å². The molecule has 0 radical (unpaired) electrons. The number of carbonyl (C=O) groups is 10. The van der Waals surface area contributed by atoms with E-state index in [1.54, 1.807) is 62.3 Å². The van der Waals surface area contributed by atoms with Crippen molar-refractivity contribution in [2.75, 3.05) is 13.2 Å². The Balaban J connectivity index is 3.62. The van der Waals surface area contributed by atoms with Gasteiger partial charge in [-0.1, -0.05) is 94.2 Å². The number of nitrogens with zero attached hydrogens (tertiary/aromatic N) is 1. The summed E-state index contributed by atoms with van der Waals surface area (Å²) in [4.78, 5) is 139. The van der Waals surface area contributed by atoms with E-state index in [4.69, 9.17) is 17.2 Å². The zero-order chi connectivity index (χ0) is 58.9. The fraction of sp³-hybridized carbons (Fsp3) is 0.667. The van der Waals surface area contributed by atoms with Crippen molar-refractivity contribution in [1.82, 2.24) is 42.5 Å². The van der Waals surface area contributed by atoms with Gasteiger partial charge in [-0.05, 0) is 73.0 Å². The number of aromatic hydroxyl groups is 1. The largest absolute Gasteiger partial charge is 0.508 e. The van der Waals surface area contributed by atoms with Crippen molar-refractivity contribution in [2.24, 2.45) is 51.8 Å². The fourth-order valence-corrected chi connectivity index (χ4v) is 7.65. The monoisotopic (exact) mass is 1090 g/mol.